The Bertz CT molecular complexity index is 411. The quantitative estimate of drug-likeness (QED) is 0.656. The van der Waals surface area contributed by atoms with Crippen LogP contribution in [-0.2, 0) is 9.53 Å². The molecule has 16 heavy (non-hydrogen) atoms. The van der Waals surface area contributed by atoms with Gasteiger partial charge in [-0.3, -0.25) is 0 Å². The molecule has 0 radical (unpaired) electrons. The van der Waals surface area contributed by atoms with Gasteiger partial charge in [0.1, 0.15) is 11.6 Å². The maximum atomic E-state index is 13.0. The van der Waals surface area contributed by atoms with E-state index >= 15 is 0 Å². The van der Waals surface area contributed by atoms with Crippen LogP contribution < -0.4 is 10.5 Å². The fraction of sp³-hybridized carbons (Fsp3) is 0.300. The lowest BCUT2D eigenvalue weighted by Gasteiger charge is -2.14. The molecule has 0 spiro atoms. The van der Waals surface area contributed by atoms with Gasteiger partial charge >= 0.3 is 5.97 Å². The van der Waals surface area contributed by atoms with Crippen LogP contribution in [0.5, 0.6) is 5.75 Å². The number of esters is 1. The van der Waals surface area contributed by atoms with E-state index in [1.165, 1.54) is 20.1 Å². The molecular formula is C10H11ClFNO3. The Labute approximate surface area is 97.1 Å². The van der Waals surface area contributed by atoms with E-state index in [0.717, 1.165) is 6.07 Å². The number of carbonyl (C=O) groups is 1. The third kappa shape index (κ3) is 2.76. The summed E-state index contributed by atoms with van der Waals surface area (Å²) in [6, 6.07) is 2.24. The Morgan fingerprint density at radius 2 is 2.19 bits per heavy atom. The van der Waals surface area contributed by atoms with Crippen LogP contribution in [0.2, 0.25) is 5.02 Å². The molecule has 88 valence electrons. The van der Waals surface area contributed by atoms with Gasteiger partial charge in [-0.05, 0) is 13.0 Å². The highest BCUT2D eigenvalue weighted by molar-refractivity contribution is 6.32. The van der Waals surface area contributed by atoms with E-state index in [0.29, 0.717) is 0 Å². The van der Waals surface area contributed by atoms with Crippen molar-refractivity contribution in [3.63, 3.8) is 0 Å². The number of nitrogens with two attached hydrogens (primary N) is 1. The number of anilines is 1. The first-order valence-electron chi connectivity index (χ1n) is 4.44. The van der Waals surface area contributed by atoms with E-state index in [9.17, 15) is 9.18 Å². The summed E-state index contributed by atoms with van der Waals surface area (Å²) >= 11 is 5.72. The molecule has 4 nitrogen and oxygen atoms in total. The average Bonchev–Trinajstić information content (AvgIpc) is 2.24. The topological polar surface area (TPSA) is 61.5 Å². The van der Waals surface area contributed by atoms with Gasteiger partial charge in [-0.15, -0.1) is 0 Å². The first kappa shape index (κ1) is 12.6. The molecule has 0 aliphatic carbocycles. The summed E-state index contributed by atoms with van der Waals surface area (Å²) in [6.07, 6.45) is -0.840. The van der Waals surface area contributed by atoms with Crippen molar-refractivity contribution >= 4 is 23.3 Å². The second kappa shape index (κ2) is 5.03. The van der Waals surface area contributed by atoms with Gasteiger partial charge < -0.3 is 15.2 Å². The van der Waals surface area contributed by atoms with E-state index in [1.807, 2.05) is 0 Å². The van der Waals surface area contributed by atoms with E-state index in [4.69, 9.17) is 22.1 Å². The molecule has 2 N–H and O–H groups in total. The smallest absolute Gasteiger partial charge is 0.346 e. The maximum Gasteiger partial charge on any atom is 0.346 e. The van der Waals surface area contributed by atoms with Crippen molar-refractivity contribution in [2.45, 2.75) is 13.0 Å². The van der Waals surface area contributed by atoms with E-state index < -0.39 is 17.9 Å². The van der Waals surface area contributed by atoms with Gasteiger partial charge in [0.05, 0.1) is 17.8 Å². The summed E-state index contributed by atoms with van der Waals surface area (Å²) in [6.45, 7) is 1.49. The van der Waals surface area contributed by atoms with Gasteiger partial charge in [-0.2, -0.15) is 0 Å². The van der Waals surface area contributed by atoms with Crippen LogP contribution in [0.15, 0.2) is 12.1 Å². The standard InChI is InChI=1S/C10H11ClFNO3/c1-5(10(14)15-2)16-9-4-8(13)7(12)3-6(9)11/h3-5H,13H2,1-2H3/t5-/m1/s1. The average molecular weight is 248 g/mol. The normalized spacial score (nSPS) is 12.0. The summed E-state index contributed by atoms with van der Waals surface area (Å²) < 4.78 is 22.6. The van der Waals surface area contributed by atoms with Crippen LogP contribution >= 0.6 is 11.6 Å². The summed E-state index contributed by atoms with van der Waals surface area (Å²) in [7, 11) is 1.24. The number of carbonyl (C=O) groups excluding carboxylic acids is 1. The largest absolute Gasteiger partial charge is 0.477 e. The minimum atomic E-state index is -0.840. The molecule has 1 aromatic carbocycles. The molecule has 1 aromatic rings. The van der Waals surface area contributed by atoms with Gasteiger partial charge in [0.15, 0.2) is 6.10 Å². The molecule has 0 aliphatic heterocycles. The molecule has 0 amide bonds. The minimum absolute atomic E-state index is 0.0439. The predicted octanol–water partition coefficient (Wildman–Crippen LogP) is 2.00. The highest BCUT2D eigenvalue weighted by Gasteiger charge is 2.17. The van der Waals surface area contributed by atoms with Crippen LogP contribution in [0.1, 0.15) is 6.92 Å². The zero-order valence-corrected chi connectivity index (χ0v) is 9.55. The molecule has 0 aromatic heterocycles. The second-order valence-electron chi connectivity index (χ2n) is 3.09. The lowest BCUT2D eigenvalue weighted by molar-refractivity contribution is -0.147. The van der Waals surface area contributed by atoms with Crippen molar-refractivity contribution in [1.82, 2.24) is 0 Å². The monoisotopic (exact) mass is 247 g/mol. The van der Waals surface area contributed by atoms with Gasteiger partial charge in [0, 0.05) is 6.07 Å². The van der Waals surface area contributed by atoms with Gasteiger partial charge in [-0.25, -0.2) is 9.18 Å². The SMILES string of the molecule is COC(=O)[C@@H](C)Oc1cc(N)c(F)cc1Cl. The number of benzene rings is 1. The Kier molecular flexibility index (Phi) is 3.95. The van der Waals surface area contributed by atoms with Crippen LogP contribution in [-0.4, -0.2) is 19.2 Å². The molecular weight excluding hydrogens is 237 g/mol. The summed E-state index contributed by atoms with van der Waals surface area (Å²) in [5.74, 6) is -1.06. The predicted molar refractivity (Wildman–Crippen MR) is 57.9 cm³/mol. The molecule has 0 saturated carbocycles. The summed E-state index contributed by atoms with van der Waals surface area (Å²) in [5, 5.41) is 0.0439. The number of methoxy groups -OCH3 is 1. The van der Waals surface area contributed by atoms with Gasteiger partial charge in [0.2, 0.25) is 0 Å². The first-order chi connectivity index (χ1) is 7.45. The second-order valence-corrected chi connectivity index (χ2v) is 3.49. The van der Waals surface area contributed by atoms with Crippen molar-refractivity contribution in [3.8, 4) is 5.75 Å². The Balaban J connectivity index is 2.89. The molecule has 0 fully saturated rings. The number of ether oxygens (including phenoxy) is 2. The van der Waals surface area contributed by atoms with Crippen molar-refractivity contribution in [1.29, 1.82) is 0 Å². The zero-order valence-electron chi connectivity index (χ0n) is 8.79. The fourth-order valence-electron chi connectivity index (χ4n) is 1.04. The molecule has 0 unspecified atom stereocenters. The number of halogens is 2. The number of hydrogen-bond donors (Lipinski definition) is 1. The Hall–Kier alpha value is -1.49. The molecule has 1 rings (SSSR count). The van der Waals surface area contributed by atoms with Crippen molar-refractivity contribution < 1.29 is 18.7 Å². The first-order valence-corrected chi connectivity index (χ1v) is 4.82. The van der Waals surface area contributed by atoms with Gasteiger partial charge in [-0.1, -0.05) is 11.6 Å². The summed E-state index contributed by atoms with van der Waals surface area (Å²) in [5.41, 5.74) is 5.24. The summed E-state index contributed by atoms with van der Waals surface area (Å²) in [4.78, 5) is 11.1. The van der Waals surface area contributed by atoms with Crippen molar-refractivity contribution in [3.05, 3.63) is 23.0 Å². The fourth-order valence-corrected chi connectivity index (χ4v) is 1.23. The van der Waals surface area contributed by atoms with Gasteiger partial charge in [0.25, 0.3) is 0 Å². The van der Waals surface area contributed by atoms with E-state index in [1.54, 1.807) is 0 Å². The zero-order chi connectivity index (χ0) is 12.3. The molecule has 1 atom stereocenters. The van der Waals surface area contributed by atoms with Crippen LogP contribution in [0.4, 0.5) is 10.1 Å². The molecule has 6 heteroatoms. The molecule has 0 aliphatic rings. The third-order valence-electron chi connectivity index (χ3n) is 1.89. The maximum absolute atomic E-state index is 13.0. The lowest BCUT2D eigenvalue weighted by atomic mass is 10.3. The van der Waals surface area contributed by atoms with Crippen molar-refractivity contribution in [2.24, 2.45) is 0 Å². The Morgan fingerprint density at radius 1 is 1.56 bits per heavy atom. The minimum Gasteiger partial charge on any atom is -0.477 e. The number of nitrogen functional groups attached to an aromatic ring is 1. The highest BCUT2D eigenvalue weighted by atomic mass is 35.5. The Morgan fingerprint density at radius 3 is 2.75 bits per heavy atom. The van der Waals surface area contributed by atoms with Crippen molar-refractivity contribution in [2.75, 3.05) is 12.8 Å². The third-order valence-corrected chi connectivity index (χ3v) is 2.18. The number of rotatable bonds is 3. The molecule has 0 heterocycles. The van der Waals surface area contributed by atoms with E-state index in [-0.39, 0.29) is 16.5 Å². The lowest BCUT2D eigenvalue weighted by Crippen LogP contribution is -2.25. The molecule has 0 saturated heterocycles. The highest BCUT2D eigenvalue weighted by Crippen LogP contribution is 2.29. The van der Waals surface area contributed by atoms with Crippen LogP contribution in [0.25, 0.3) is 0 Å². The number of hydrogen-bond acceptors (Lipinski definition) is 4. The van der Waals surface area contributed by atoms with E-state index in [2.05, 4.69) is 4.74 Å². The van der Waals surface area contributed by atoms with Crippen LogP contribution in [0.3, 0.4) is 0 Å². The van der Waals surface area contributed by atoms with Crippen LogP contribution in [0, 0.1) is 5.82 Å². The molecule has 0 bridgehead atoms.